The Morgan fingerprint density at radius 2 is 1.36 bits per heavy atom. The monoisotopic (exact) mass is 315 g/mol. The van der Waals surface area contributed by atoms with Crippen molar-refractivity contribution in [2.75, 3.05) is 13.2 Å². The van der Waals surface area contributed by atoms with Crippen LogP contribution < -0.4 is 0 Å². The van der Waals surface area contributed by atoms with Gasteiger partial charge < -0.3 is 14.2 Å². The summed E-state index contributed by atoms with van der Waals surface area (Å²) in [5, 5.41) is 0. The Kier molecular flexibility index (Phi) is 6.20. The van der Waals surface area contributed by atoms with E-state index in [2.05, 4.69) is 0 Å². The van der Waals surface area contributed by atoms with Gasteiger partial charge in [-0.3, -0.25) is 14.5 Å². The van der Waals surface area contributed by atoms with Crippen LogP contribution in [0.3, 0.4) is 0 Å². The van der Waals surface area contributed by atoms with Crippen molar-refractivity contribution in [3.8, 4) is 0 Å². The molecule has 0 aromatic carbocycles. The van der Waals surface area contributed by atoms with Gasteiger partial charge in [0.15, 0.2) is 0 Å². The topological polar surface area (TPSA) is 82.1 Å². The zero-order valence-electron chi connectivity index (χ0n) is 13.9. The highest BCUT2D eigenvalue weighted by Crippen LogP contribution is 2.27. The quantitative estimate of drug-likeness (QED) is 0.582. The van der Waals surface area contributed by atoms with Crippen molar-refractivity contribution in [2.45, 2.75) is 65.1 Å². The first-order chi connectivity index (χ1) is 10.1. The third kappa shape index (κ3) is 5.91. The number of hydrogen-bond donors (Lipinski definition) is 0. The molecule has 2 atom stereocenters. The summed E-state index contributed by atoms with van der Waals surface area (Å²) >= 11 is 0. The molecule has 1 saturated heterocycles. The number of ether oxygens (including phenoxy) is 3. The van der Waals surface area contributed by atoms with Crippen LogP contribution in [-0.2, 0) is 23.8 Å². The fourth-order valence-electron chi connectivity index (χ4n) is 2.33. The number of carbonyl (C=O) groups excluding carboxylic acids is 3. The van der Waals surface area contributed by atoms with E-state index in [-0.39, 0.29) is 25.3 Å². The van der Waals surface area contributed by atoms with E-state index in [1.165, 1.54) is 18.7 Å². The first-order valence-electron chi connectivity index (χ1n) is 7.38. The fourth-order valence-corrected chi connectivity index (χ4v) is 2.33. The molecule has 0 aromatic heterocycles. The third-order valence-corrected chi connectivity index (χ3v) is 3.18. The van der Waals surface area contributed by atoms with Crippen LogP contribution in [0, 0.1) is 0 Å². The van der Waals surface area contributed by atoms with Crippen molar-refractivity contribution in [1.82, 2.24) is 4.90 Å². The van der Waals surface area contributed by atoms with Crippen molar-refractivity contribution in [2.24, 2.45) is 0 Å². The number of esters is 2. The summed E-state index contributed by atoms with van der Waals surface area (Å²) in [6.45, 7) is 8.22. The lowest BCUT2D eigenvalue weighted by Gasteiger charge is -2.32. The number of likely N-dealkylation sites (tertiary alicyclic amines) is 1. The zero-order valence-corrected chi connectivity index (χ0v) is 13.9. The molecule has 7 nitrogen and oxygen atoms in total. The van der Waals surface area contributed by atoms with Gasteiger partial charge in [-0.25, -0.2) is 4.79 Å². The first kappa shape index (κ1) is 18.3. The molecule has 1 aliphatic rings. The maximum absolute atomic E-state index is 12.4. The summed E-state index contributed by atoms with van der Waals surface area (Å²) in [4.78, 5) is 35.9. The summed E-state index contributed by atoms with van der Waals surface area (Å²) in [5.41, 5.74) is -0.627. The Bertz CT molecular complexity index is 402. The predicted octanol–water partition coefficient (Wildman–Crippen LogP) is 1.88. The molecular formula is C15H25NO6. The van der Waals surface area contributed by atoms with E-state index in [4.69, 9.17) is 14.2 Å². The molecule has 0 unspecified atom stereocenters. The Morgan fingerprint density at radius 1 is 0.955 bits per heavy atom. The normalized spacial score (nSPS) is 21.4. The minimum Gasteiger partial charge on any atom is -0.464 e. The van der Waals surface area contributed by atoms with Crippen LogP contribution in [0.5, 0.6) is 0 Å². The lowest BCUT2D eigenvalue weighted by atomic mass is 10.2. The second kappa shape index (κ2) is 7.47. The highest BCUT2D eigenvalue weighted by Gasteiger charge is 2.40. The van der Waals surface area contributed by atoms with Gasteiger partial charge in [-0.2, -0.15) is 0 Å². The van der Waals surface area contributed by atoms with Crippen molar-refractivity contribution in [3.05, 3.63) is 0 Å². The smallest absolute Gasteiger partial charge is 0.411 e. The third-order valence-electron chi connectivity index (χ3n) is 3.18. The molecule has 22 heavy (non-hydrogen) atoms. The first-order valence-corrected chi connectivity index (χ1v) is 7.38. The van der Waals surface area contributed by atoms with Gasteiger partial charge in [0.1, 0.15) is 18.8 Å². The van der Waals surface area contributed by atoms with E-state index in [9.17, 15) is 14.4 Å². The number of carbonyl (C=O) groups is 3. The van der Waals surface area contributed by atoms with Gasteiger partial charge in [-0.15, -0.1) is 0 Å². The van der Waals surface area contributed by atoms with Gasteiger partial charge in [0, 0.05) is 13.8 Å². The van der Waals surface area contributed by atoms with Crippen LogP contribution in [0.2, 0.25) is 0 Å². The molecule has 0 spiro atoms. The van der Waals surface area contributed by atoms with E-state index in [0.717, 1.165) is 0 Å². The van der Waals surface area contributed by atoms with Crippen LogP contribution in [0.25, 0.3) is 0 Å². The summed E-state index contributed by atoms with van der Waals surface area (Å²) in [6, 6.07) is -0.529. The van der Waals surface area contributed by atoms with Gasteiger partial charge in [0.25, 0.3) is 0 Å². The minimum absolute atomic E-state index is 0.116. The van der Waals surface area contributed by atoms with E-state index in [0.29, 0.717) is 12.8 Å². The highest BCUT2D eigenvalue weighted by molar-refractivity contribution is 5.70. The maximum atomic E-state index is 12.4. The Hall–Kier alpha value is -1.79. The summed E-state index contributed by atoms with van der Waals surface area (Å²) < 4.78 is 15.4. The molecule has 1 amide bonds. The Balaban J connectivity index is 2.78. The van der Waals surface area contributed by atoms with Gasteiger partial charge in [0.05, 0.1) is 12.1 Å². The van der Waals surface area contributed by atoms with Crippen molar-refractivity contribution < 1.29 is 28.6 Å². The zero-order chi connectivity index (χ0) is 16.9. The summed E-state index contributed by atoms with van der Waals surface area (Å²) in [6.07, 6.45) is 0.844. The number of rotatable bonds is 4. The molecule has 0 radical (unpaired) electrons. The van der Waals surface area contributed by atoms with Gasteiger partial charge >= 0.3 is 18.0 Å². The molecule has 0 bridgehead atoms. The second-order valence-electron chi connectivity index (χ2n) is 6.38. The van der Waals surface area contributed by atoms with E-state index in [1.807, 2.05) is 0 Å². The van der Waals surface area contributed by atoms with Crippen molar-refractivity contribution in [3.63, 3.8) is 0 Å². The minimum atomic E-state index is -0.627. The molecular weight excluding hydrogens is 290 g/mol. The molecule has 126 valence electrons. The van der Waals surface area contributed by atoms with Crippen LogP contribution in [-0.4, -0.2) is 53.8 Å². The molecule has 1 rings (SSSR count). The Morgan fingerprint density at radius 3 is 1.68 bits per heavy atom. The molecule has 0 aliphatic carbocycles. The molecule has 0 N–H and O–H groups in total. The molecule has 1 heterocycles. The van der Waals surface area contributed by atoms with Crippen LogP contribution >= 0.6 is 0 Å². The van der Waals surface area contributed by atoms with Gasteiger partial charge in [-0.05, 0) is 33.6 Å². The molecule has 1 fully saturated rings. The average Bonchev–Trinajstić information content (AvgIpc) is 2.74. The SMILES string of the molecule is CC(=O)OC[C@H]1CC[C@@H](COC(C)=O)N1C(=O)OC(C)(C)C. The van der Waals surface area contributed by atoms with Crippen molar-refractivity contribution >= 4 is 18.0 Å². The fraction of sp³-hybridized carbons (Fsp3) is 0.800. The molecule has 7 heteroatoms. The molecule has 0 saturated carbocycles. The van der Waals surface area contributed by atoms with Crippen LogP contribution in [0.4, 0.5) is 4.79 Å². The van der Waals surface area contributed by atoms with E-state index in [1.54, 1.807) is 20.8 Å². The largest absolute Gasteiger partial charge is 0.464 e. The number of nitrogens with zero attached hydrogens (tertiary/aromatic N) is 1. The highest BCUT2D eigenvalue weighted by atomic mass is 16.6. The second-order valence-corrected chi connectivity index (χ2v) is 6.38. The predicted molar refractivity (Wildman–Crippen MR) is 78.1 cm³/mol. The lowest BCUT2D eigenvalue weighted by molar-refractivity contribution is -0.143. The number of hydrogen-bond acceptors (Lipinski definition) is 6. The van der Waals surface area contributed by atoms with E-state index < -0.39 is 23.6 Å². The maximum Gasteiger partial charge on any atom is 0.411 e. The molecule has 0 aromatic rings. The molecule has 1 aliphatic heterocycles. The van der Waals surface area contributed by atoms with Gasteiger partial charge in [-0.1, -0.05) is 0 Å². The Labute approximate surface area is 130 Å². The van der Waals surface area contributed by atoms with Gasteiger partial charge in [0.2, 0.25) is 0 Å². The lowest BCUT2D eigenvalue weighted by Crippen LogP contribution is -2.47. The average molecular weight is 315 g/mol. The van der Waals surface area contributed by atoms with Crippen LogP contribution in [0.15, 0.2) is 0 Å². The summed E-state index contributed by atoms with van der Waals surface area (Å²) in [5.74, 6) is -0.792. The van der Waals surface area contributed by atoms with Crippen LogP contribution in [0.1, 0.15) is 47.5 Å². The number of amides is 1. The summed E-state index contributed by atoms with van der Waals surface area (Å²) in [7, 11) is 0. The van der Waals surface area contributed by atoms with E-state index >= 15 is 0 Å². The standard InChI is InChI=1S/C15H25NO6/c1-10(17)20-8-12-6-7-13(9-21-11(2)18)16(12)14(19)22-15(3,4)5/h12-13H,6-9H2,1-5H3/t12-,13+. The van der Waals surface area contributed by atoms with Crippen molar-refractivity contribution in [1.29, 1.82) is 0 Å².